The molecule has 0 saturated heterocycles. The van der Waals surface area contributed by atoms with Crippen LogP contribution in [0, 0.1) is 13.8 Å². The highest BCUT2D eigenvalue weighted by atomic mass is 32.2. The molecule has 3 aromatic carbocycles. The molecular weight excluding hydrogens is 382 g/mol. The number of rotatable bonds is 5. The molecule has 1 aromatic heterocycles. The summed E-state index contributed by atoms with van der Waals surface area (Å²) >= 11 is 0. The largest absolute Gasteiger partial charge is 0.263 e. The Balaban J connectivity index is 1.79. The third kappa shape index (κ3) is 4.27. The van der Waals surface area contributed by atoms with E-state index in [1.807, 2.05) is 62.4 Å². The lowest BCUT2D eigenvalue weighted by atomic mass is 10.1. The molecule has 5 nitrogen and oxygen atoms in total. The van der Waals surface area contributed by atoms with Crippen LogP contribution in [0.25, 0.3) is 11.0 Å². The minimum absolute atomic E-state index is 0.194. The zero-order chi connectivity index (χ0) is 20.4. The SMILES string of the molecule is Cc1ccc(S(=O)(=O)Nc2nc3ccc(C)cc3nc2Cc2ccccc2)cc1. The number of anilines is 1. The molecule has 1 N–H and O–H groups in total. The zero-order valence-electron chi connectivity index (χ0n) is 16.3. The van der Waals surface area contributed by atoms with Gasteiger partial charge < -0.3 is 0 Å². The predicted octanol–water partition coefficient (Wildman–Crippen LogP) is 4.64. The predicted molar refractivity (Wildman–Crippen MR) is 116 cm³/mol. The molecule has 0 unspecified atom stereocenters. The van der Waals surface area contributed by atoms with Crippen molar-refractivity contribution in [1.29, 1.82) is 0 Å². The second-order valence-electron chi connectivity index (χ2n) is 7.09. The topological polar surface area (TPSA) is 72.0 Å². The molecule has 6 heteroatoms. The van der Waals surface area contributed by atoms with E-state index in [1.165, 1.54) is 0 Å². The number of benzene rings is 3. The Morgan fingerprint density at radius 1 is 0.793 bits per heavy atom. The third-order valence-electron chi connectivity index (χ3n) is 4.67. The van der Waals surface area contributed by atoms with Gasteiger partial charge in [-0.3, -0.25) is 4.72 Å². The first kappa shape index (κ1) is 19.1. The first-order chi connectivity index (χ1) is 13.9. The Morgan fingerprint density at radius 3 is 2.21 bits per heavy atom. The van der Waals surface area contributed by atoms with Crippen molar-refractivity contribution in [2.75, 3.05) is 4.72 Å². The number of fused-ring (bicyclic) bond motifs is 1. The van der Waals surface area contributed by atoms with E-state index in [1.54, 1.807) is 24.3 Å². The second kappa shape index (κ2) is 7.64. The van der Waals surface area contributed by atoms with Gasteiger partial charge in [0, 0.05) is 6.42 Å². The first-order valence-corrected chi connectivity index (χ1v) is 10.8. The number of aromatic nitrogens is 2. The van der Waals surface area contributed by atoms with Crippen LogP contribution < -0.4 is 4.72 Å². The highest BCUT2D eigenvalue weighted by Crippen LogP contribution is 2.23. The molecule has 0 fully saturated rings. The average molecular weight is 404 g/mol. The number of nitrogens with zero attached hydrogens (tertiary/aromatic N) is 2. The van der Waals surface area contributed by atoms with E-state index in [2.05, 4.69) is 9.71 Å². The fraction of sp³-hybridized carbons (Fsp3) is 0.130. The molecular formula is C23H21N3O2S. The molecule has 0 bridgehead atoms. The molecule has 0 amide bonds. The van der Waals surface area contributed by atoms with Gasteiger partial charge >= 0.3 is 0 Å². The molecule has 4 aromatic rings. The highest BCUT2D eigenvalue weighted by molar-refractivity contribution is 7.92. The van der Waals surface area contributed by atoms with Gasteiger partial charge in [-0.05, 0) is 49.2 Å². The van der Waals surface area contributed by atoms with Crippen molar-refractivity contribution in [2.24, 2.45) is 0 Å². The molecule has 29 heavy (non-hydrogen) atoms. The van der Waals surface area contributed by atoms with Gasteiger partial charge in [0.15, 0.2) is 5.82 Å². The van der Waals surface area contributed by atoms with E-state index < -0.39 is 10.0 Å². The summed E-state index contributed by atoms with van der Waals surface area (Å²) in [5.74, 6) is 0.255. The van der Waals surface area contributed by atoms with Gasteiger partial charge in [-0.2, -0.15) is 0 Å². The van der Waals surface area contributed by atoms with Crippen molar-refractivity contribution >= 4 is 26.9 Å². The van der Waals surface area contributed by atoms with Crippen LogP contribution in [0.3, 0.4) is 0 Å². The van der Waals surface area contributed by atoms with E-state index >= 15 is 0 Å². The number of hydrogen-bond donors (Lipinski definition) is 1. The lowest BCUT2D eigenvalue weighted by Gasteiger charge is -2.13. The van der Waals surface area contributed by atoms with Crippen LogP contribution >= 0.6 is 0 Å². The van der Waals surface area contributed by atoms with Gasteiger partial charge in [0.1, 0.15) is 0 Å². The van der Waals surface area contributed by atoms with E-state index in [-0.39, 0.29) is 10.7 Å². The van der Waals surface area contributed by atoms with Crippen LogP contribution in [0.5, 0.6) is 0 Å². The molecule has 0 spiro atoms. The van der Waals surface area contributed by atoms with Crippen LogP contribution in [0.1, 0.15) is 22.4 Å². The van der Waals surface area contributed by atoms with Crippen molar-refractivity contribution in [3.63, 3.8) is 0 Å². The maximum Gasteiger partial charge on any atom is 0.263 e. The summed E-state index contributed by atoms with van der Waals surface area (Å²) in [5.41, 5.74) is 5.08. The van der Waals surface area contributed by atoms with Crippen molar-refractivity contribution in [3.8, 4) is 0 Å². The highest BCUT2D eigenvalue weighted by Gasteiger charge is 2.19. The number of hydrogen-bond acceptors (Lipinski definition) is 4. The van der Waals surface area contributed by atoms with Gasteiger partial charge in [0.25, 0.3) is 10.0 Å². The maximum atomic E-state index is 12.9. The smallest absolute Gasteiger partial charge is 0.262 e. The van der Waals surface area contributed by atoms with Gasteiger partial charge in [-0.15, -0.1) is 0 Å². The Kier molecular flexibility index (Phi) is 5.03. The van der Waals surface area contributed by atoms with Crippen LogP contribution in [0.4, 0.5) is 5.82 Å². The van der Waals surface area contributed by atoms with Crippen molar-refractivity contribution in [1.82, 2.24) is 9.97 Å². The average Bonchev–Trinajstić information content (AvgIpc) is 2.69. The monoisotopic (exact) mass is 403 g/mol. The molecule has 0 radical (unpaired) electrons. The van der Waals surface area contributed by atoms with E-state index in [0.717, 1.165) is 22.2 Å². The summed E-state index contributed by atoms with van der Waals surface area (Å²) < 4.78 is 28.5. The Bertz CT molecular complexity index is 1270. The molecule has 0 aliphatic heterocycles. The van der Waals surface area contributed by atoms with Crippen molar-refractivity contribution in [2.45, 2.75) is 25.2 Å². The molecule has 146 valence electrons. The molecule has 4 rings (SSSR count). The normalized spacial score (nSPS) is 11.5. The van der Waals surface area contributed by atoms with Crippen LogP contribution in [-0.4, -0.2) is 18.4 Å². The summed E-state index contributed by atoms with van der Waals surface area (Å²) in [6.45, 7) is 3.91. The Morgan fingerprint density at radius 2 is 1.48 bits per heavy atom. The fourth-order valence-electron chi connectivity index (χ4n) is 3.10. The van der Waals surface area contributed by atoms with Crippen LogP contribution in [-0.2, 0) is 16.4 Å². The van der Waals surface area contributed by atoms with Crippen molar-refractivity contribution in [3.05, 3.63) is 95.2 Å². The van der Waals surface area contributed by atoms with Gasteiger partial charge in [0.05, 0.1) is 21.6 Å². The molecule has 0 atom stereocenters. The molecule has 1 heterocycles. The lowest BCUT2D eigenvalue weighted by Crippen LogP contribution is -2.16. The minimum atomic E-state index is -3.77. The van der Waals surface area contributed by atoms with Crippen LogP contribution in [0.15, 0.2) is 77.7 Å². The fourth-order valence-corrected chi connectivity index (χ4v) is 4.13. The molecule has 0 aliphatic rings. The van der Waals surface area contributed by atoms with Gasteiger partial charge in [-0.25, -0.2) is 18.4 Å². The standard InChI is InChI=1S/C23H21N3O2S/c1-16-8-11-19(12-9-16)29(27,28)26-23-22(15-18-6-4-3-5-7-18)24-21-14-17(2)10-13-20(21)25-23/h3-14H,15H2,1-2H3,(H,25,26). The quantitative estimate of drug-likeness (QED) is 0.527. The van der Waals surface area contributed by atoms with Gasteiger partial charge in [0.2, 0.25) is 0 Å². The lowest BCUT2D eigenvalue weighted by molar-refractivity contribution is 0.601. The number of sulfonamides is 1. The summed E-state index contributed by atoms with van der Waals surface area (Å²) in [7, 11) is -3.77. The number of aryl methyl sites for hydroxylation is 2. The Hall–Kier alpha value is -3.25. The van der Waals surface area contributed by atoms with Crippen molar-refractivity contribution < 1.29 is 8.42 Å². The van der Waals surface area contributed by atoms with Crippen LogP contribution in [0.2, 0.25) is 0 Å². The number of nitrogens with one attached hydrogen (secondary N) is 1. The first-order valence-electron chi connectivity index (χ1n) is 9.31. The molecule has 0 aliphatic carbocycles. The summed E-state index contributed by atoms with van der Waals surface area (Å²) in [6, 6.07) is 22.3. The van der Waals surface area contributed by atoms with Gasteiger partial charge in [-0.1, -0.05) is 54.1 Å². The Labute approximate surface area is 170 Å². The zero-order valence-corrected chi connectivity index (χ0v) is 17.1. The third-order valence-corrected chi connectivity index (χ3v) is 6.02. The van der Waals surface area contributed by atoms with E-state index in [9.17, 15) is 8.42 Å². The van der Waals surface area contributed by atoms with E-state index in [4.69, 9.17) is 4.98 Å². The summed E-state index contributed by atoms with van der Waals surface area (Å²) in [6.07, 6.45) is 0.476. The summed E-state index contributed by atoms with van der Waals surface area (Å²) in [4.78, 5) is 9.52. The minimum Gasteiger partial charge on any atom is -0.262 e. The molecule has 0 saturated carbocycles. The second-order valence-corrected chi connectivity index (χ2v) is 8.77. The maximum absolute atomic E-state index is 12.9. The summed E-state index contributed by atoms with van der Waals surface area (Å²) in [5, 5.41) is 0. The van der Waals surface area contributed by atoms with E-state index in [0.29, 0.717) is 17.6 Å².